The van der Waals surface area contributed by atoms with Crippen molar-refractivity contribution < 1.29 is 0 Å². The van der Waals surface area contributed by atoms with Crippen molar-refractivity contribution in [2.24, 2.45) is 0 Å². The molecule has 6 heterocycles. The Hall–Kier alpha value is -4.59. The summed E-state index contributed by atoms with van der Waals surface area (Å²) in [5.41, 5.74) is 8.53. The Morgan fingerprint density at radius 1 is 0.788 bits per heavy atom. The van der Waals surface area contributed by atoms with E-state index in [1.807, 2.05) is 62.1 Å². The summed E-state index contributed by atoms with van der Waals surface area (Å²) in [5.74, 6) is 0.763. The lowest BCUT2D eigenvalue weighted by atomic mass is 10.1. The Morgan fingerprint density at radius 3 is 2.45 bits per heavy atom. The second-order valence-corrected chi connectivity index (χ2v) is 8.05. The van der Waals surface area contributed by atoms with Gasteiger partial charge in [0.15, 0.2) is 0 Å². The fourth-order valence-electron chi connectivity index (χ4n) is 3.99. The van der Waals surface area contributed by atoms with Crippen LogP contribution in [0.3, 0.4) is 0 Å². The van der Waals surface area contributed by atoms with Gasteiger partial charge in [-0.15, -0.1) is 0 Å². The SMILES string of the molecule is CN(C)c1cncc(-c2cnc3[nH]cc(-c4nc5c(-c6ccncc6)cncc5[nH]4)c3c2)c1. The van der Waals surface area contributed by atoms with Gasteiger partial charge in [0.25, 0.3) is 0 Å². The molecule has 160 valence electrons. The van der Waals surface area contributed by atoms with Gasteiger partial charge in [-0.1, -0.05) is 0 Å². The molecular formula is C25H20N8. The Balaban J connectivity index is 1.48. The van der Waals surface area contributed by atoms with Crippen LogP contribution in [0.2, 0.25) is 0 Å². The standard InChI is InChI=1S/C25H20N8/c1-33(2)18-7-16(9-27-11-18)17-8-19-21(13-30-24(19)29-10-17)25-31-22-14-28-12-20(23(22)32-25)15-3-5-26-6-4-15/h3-14H,1-2H3,(H,29,30)(H,31,32). The van der Waals surface area contributed by atoms with Crippen molar-refractivity contribution in [3.8, 4) is 33.6 Å². The minimum absolute atomic E-state index is 0.763. The fourth-order valence-corrected chi connectivity index (χ4v) is 3.99. The third-order valence-corrected chi connectivity index (χ3v) is 5.75. The lowest BCUT2D eigenvalue weighted by Crippen LogP contribution is -2.08. The zero-order valence-corrected chi connectivity index (χ0v) is 18.1. The summed E-state index contributed by atoms with van der Waals surface area (Å²) in [6.45, 7) is 0. The van der Waals surface area contributed by atoms with Gasteiger partial charge in [0.2, 0.25) is 0 Å². The topological polar surface area (TPSA) is 99.3 Å². The van der Waals surface area contributed by atoms with Crippen molar-refractivity contribution in [2.75, 3.05) is 19.0 Å². The number of nitrogens with zero attached hydrogens (tertiary/aromatic N) is 6. The summed E-state index contributed by atoms with van der Waals surface area (Å²) in [5, 5.41) is 0.986. The Morgan fingerprint density at radius 2 is 1.61 bits per heavy atom. The van der Waals surface area contributed by atoms with Crippen molar-refractivity contribution in [1.29, 1.82) is 0 Å². The number of rotatable bonds is 4. The normalized spacial score (nSPS) is 11.3. The first-order valence-corrected chi connectivity index (χ1v) is 10.5. The number of hydrogen-bond donors (Lipinski definition) is 2. The zero-order chi connectivity index (χ0) is 22.4. The Kier molecular flexibility index (Phi) is 4.36. The monoisotopic (exact) mass is 432 g/mol. The van der Waals surface area contributed by atoms with E-state index in [2.05, 4.69) is 42.0 Å². The number of imidazole rings is 1. The molecule has 6 aromatic heterocycles. The van der Waals surface area contributed by atoms with Gasteiger partial charge < -0.3 is 14.9 Å². The molecule has 0 atom stereocenters. The molecule has 0 aliphatic carbocycles. The molecule has 0 aliphatic heterocycles. The minimum atomic E-state index is 0.763. The zero-order valence-electron chi connectivity index (χ0n) is 18.1. The van der Waals surface area contributed by atoms with Crippen LogP contribution in [0, 0.1) is 0 Å². The predicted octanol–water partition coefficient (Wildman–Crippen LogP) is 4.69. The van der Waals surface area contributed by atoms with Gasteiger partial charge in [0.05, 0.1) is 29.1 Å². The third-order valence-electron chi connectivity index (χ3n) is 5.75. The van der Waals surface area contributed by atoms with E-state index in [9.17, 15) is 0 Å². The van der Waals surface area contributed by atoms with Crippen LogP contribution < -0.4 is 4.90 Å². The van der Waals surface area contributed by atoms with Crippen molar-refractivity contribution >= 4 is 27.8 Å². The predicted molar refractivity (Wildman–Crippen MR) is 130 cm³/mol. The fraction of sp³-hybridized carbons (Fsp3) is 0.0800. The molecule has 0 aromatic carbocycles. The second-order valence-electron chi connectivity index (χ2n) is 8.05. The summed E-state index contributed by atoms with van der Waals surface area (Å²) >= 11 is 0. The van der Waals surface area contributed by atoms with Gasteiger partial charge in [-0.05, 0) is 29.8 Å². The number of anilines is 1. The first-order valence-electron chi connectivity index (χ1n) is 10.5. The van der Waals surface area contributed by atoms with Crippen LogP contribution >= 0.6 is 0 Å². The smallest absolute Gasteiger partial charge is 0.140 e. The number of H-pyrrole nitrogens is 2. The summed E-state index contributed by atoms with van der Waals surface area (Å²) in [7, 11) is 4.01. The summed E-state index contributed by atoms with van der Waals surface area (Å²) < 4.78 is 0. The molecule has 0 bridgehead atoms. The highest BCUT2D eigenvalue weighted by atomic mass is 15.1. The van der Waals surface area contributed by atoms with Crippen molar-refractivity contribution in [2.45, 2.75) is 0 Å². The average molecular weight is 432 g/mol. The highest BCUT2D eigenvalue weighted by molar-refractivity contribution is 5.98. The van der Waals surface area contributed by atoms with Gasteiger partial charge in [-0.2, -0.15) is 0 Å². The van der Waals surface area contributed by atoms with Gasteiger partial charge in [-0.3, -0.25) is 15.0 Å². The highest BCUT2D eigenvalue weighted by Gasteiger charge is 2.15. The first kappa shape index (κ1) is 19.1. The number of nitrogens with one attached hydrogen (secondary N) is 2. The molecule has 0 amide bonds. The van der Waals surface area contributed by atoms with Gasteiger partial charge in [-0.25, -0.2) is 9.97 Å². The number of fused-ring (bicyclic) bond motifs is 2. The molecule has 6 rings (SSSR count). The van der Waals surface area contributed by atoms with Gasteiger partial charge in [0.1, 0.15) is 11.5 Å². The molecule has 0 aliphatic rings. The molecule has 0 saturated heterocycles. The van der Waals surface area contributed by atoms with Crippen LogP contribution in [0.25, 0.3) is 55.7 Å². The van der Waals surface area contributed by atoms with Crippen LogP contribution in [0.5, 0.6) is 0 Å². The highest BCUT2D eigenvalue weighted by Crippen LogP contribution is 2.33. The Labute approximate surface area is 189 Å². The molecule has 0 spiro atoms. The quantitative estimate of drug-likeness (QED) is 0.419. The van der Waals surface area contributed by atoms with Gasteiger partial charge in [0, 0.05) is 78.9 Å². The molecule has 0 radical (unpaired) electrons. The molecule has 0 saturated carbocycles. The first-order chi connectivity index (χ1) is 16.2. The maximum Gasteiger partial charge on any atom is 0.140 e. The van der Waals surface area contributed by atoms with E-state index >= 15 is 0 Å². The molecule has 0 fully saturated rings. The van der Waals surface area contributed by atoms with Crippen molar-refractivity contribution in [3.63, 3.8) is 0 Å². The summed E-state index contributed by atoms with van der Waals surface area (Å²) in [4.78, 5) is 31.2. The van der Waals surface area contributed by atoms with Crippen LogP contribution in [-0.4, -0.2) is 49.0 Å². The maximum atomic E-state index is 4.94. The van der Waals surface area contributed by atoms with Crippen molar-refractivity contribution in [1.82, 2.24) is 34.9 Å². The van der Waals surface area contributed by atoms with E-state index < -0.39 is 0 Å². The number of aromatic nitrogens is 7. The van der Waals surface area contributed by atoms with Crippen LogP contribution in [0.15, 0.2) is 73.8 Å². The summed E-state index contributed by atoms with van der Waals surface area (Å²) in [6, 6.07) is 8.15. The van der Waals surface area contributed by atoms with Crippen molar-refractivity contribution in [3.05, 3.63) is 73.8 Å². The number of aromatic amines is 2. The average Bonchev–Trinajstić information content (AvgIpc) is 3.48. The molecular weight excluding hydrogens is 412 g/mol. The van der Waals surface area contributed by atoms with E-state index in [0.29, 0.717) is 0 Å². The van der Waals surface area contributed by atoms with Crippen LogP contribution in [0.1, 0.15) is 0 Å². The lowest BCUT2D eigenvalue weighted by Gasteiger charge is -2.12. The molecule has 0 unspecified atom stereocenters. The van der Waals surface area contributed by atoms with Gasteiger partial charge >= 0.3 is 0 Å². The second kappa shape index (κ2) is 7.52. The van der Waals surface area contributed by atoms with Crippen LogP contribution in [0.4, 0.5) is 5.69 Å². The molecule has 33 heavy (non-hydrogen) atoms. The molecule has 8 nitrogen and oxygen atoms in total. The van der Waals surface area contributed by atoms with E-state index in [-0.39, 0.29) is 0 Å². The van der Waals surface area contributed by atoms with E-state index in [4.69, 9.17) is 4.98 Å². The van der Waals surface area contributed by atoms with E-state index in [0.717, 1.165) is 61.4 Å². The number of hydrogen-bond acceptors (Lipinski definition) is 6. The van der Waals surface area contributed by atoms with E-state index in [1.54, 1.807) is 18.6 Å². The molecule has 8 heteroatoms. The molecule has 6 aromatic rings. The van der Waals surface area contributed by atoms with E-state index in [1.165, 1.54) is 0 Å². The largest absolute Gasteiger partial charge is 0.376 e. The summed E-state index contributed by atoms with van der Waals surface area (Å²) in [6.07, 6.45) is 14.7. The minimum Gasteiger partial charge on any atom is -0.376 e. The Bertz CT molecular complexity index is 1600. The molecule has 2 N–H and O–H groups in total. The third kappa shape index (κ3) is 3.28. The number of pyridine rings is 4. The lowest BCUT2D eigenvalue weighted by molar-refractivity contribution is 1.11. The maximum absolute atomic E-state index is 4.94. The van der Waals surface area contributed by atoms with Crippen LogP contribution in [-0.2, 0) is 0 Å².